The molecule has 47 heavy (non-hydrogen) atoms. The van der Waals surface area contributed by atoms with Crippen LogP contribution in [0.25, 0.3) is 33.3 Å². The van der Waals surface area contributed by atoms with E-state index < -0.39 is 0 Å². The van der Waals surface area contributed by atoms with Gasteiger partial charge in [-0.15, -0.1) is 29.6 Å². The van der Waals surface area contributed by atoms with Gasteiger partial charge in [0.1, 0.15) is 0 Å². The maximum absolute atomic E-state index is 5.94. The molecule has 2 aliphatic heterocycles. The summed E-state index contributed by atoms with van der Waals surface area (Å²) >= 11 is 0. The first-order chi connectivity index (χ1) is 22.7. The summed E-state index contributed by atoms with van der Waals surface area (Å²) in [5.74, 6) is 0. The number of rotatable bonds is 8. The second kappa shape index (κ2) is 15.1. The van der Waals surface area contributed by atoms with Gasteiger partial charge < -0.3 is 29.0 Å². The third-order valence-electron chi connectivity index (χ3n) is 7.77. The molecule has 0 spiro atoms. The van der Waals surface area contributed by atoms with Gasteiger partial charge in [0, 0.05) is 37.4 Å². The number of aryl methyl sites for hydroxylation is 1. The number of benzene rings is 3. The maximum atomic E-state index is 5.94. The Bertz CT molecular complexity index is 1880. The van der Waals surface area contributed by atoms with E-state index >= 15 is 0 Å². The molecule has 8 rings (SSSR count). The van der Waals surface area contributed by atoms with Crippen molar-refractivity contribution in [1.29, 1.82) is 0 Å². The fourth-order valence-corrected chi connectivity index (χ4v) is 5.43. The van der Waals surface area contributed by atoms with Gasteiger partial charge in [0.05, 0.1) is 5.58 Å². The molecule has 0 N–H and O–H groups in total. The molecule has 2 aliphatic rings. The van der Waals surface area contributed by atoms with Crippen molar-refractivity contribution in [2.45, 2.75) is 19.8 Å². The summed E-state index contributed by atoms with van der Waals surface area (Å²) in [6, 6.07) is 39.5. The first kappa shape index (κ1) is 32.0. The third-order valence-corrected chi connectivity index (χ3v) is 7.77. The van der Waals surface area contributed by atoms with Gasteiger partial charge in [-0.2, -0.15) is 74.0 Å². The van der Waals surface area contributed by atoms with Crippen molar-refractivity contribution in [3.05, 3.63) is 159 Å². The third kappa shape index (κ3) is 7.57. The molecule has 0 aliphatic carbocycles. The Morgan fingerprint density at radius 2 is 1.34 bits per heavy atom. The van der Waals surface area contributed by atoms with Crippen molar-refractivity contribution >= 4 is 33.4 Å². The van der Waals surface area contributed by atoms with Gasteiger partial charge in [-0.3, -0.25) is 0 Å². The summed E-state index contributed by atoms with van der Waals surface area (Å²) in [5.41, 5.74) is 6.27. The van der Waals surface area contributed by atoms with E-state index in [-0.39, 0.29) is 20.1 Å². The van der Waals surface area contributed by atoms with Crippen LogP contribution in [0.15, 0.2) is 126 Å². The smallest absolute Gasteiger partial charge is 0.216 e. The molecule has 6 aromatic rings. The molecule has 3 aromatic heterocycles. The van der Waals surface area contributed by atoms with Gasteiger partial charge in [0.2, 0.25) is 5.71 Å². The van der Waals surface area contributed by atoms with Crippen molar-refractivity contribution < 1.29 is 24.5 Å². The quantitative estimate of drug-likeness (QED) is 0.114. The number of aromatic nitrogens is 2. The number of nitrogens with zero attached hydrogens (tertiary/aromatic N) is 6. The van der Waals surface area contributed by atoms with Crippen LogP contribution in [0, 0.1) is 38.5 Å². The Morgan fingerprint density at radius 1 is 0.681 bits per heavy atom. The van der Waals surface area contributed by atoms with Crippen molar-refractivity contribution in [1.82, 2.24) is 19.8 Å². The molecular weight excluding hydrogens is 761 g/mol. The number of para-hydroxylation sites is 2. The van der Waals surface area contributed by atoms with E-state index in [1.165, 1.54) is 0 Å². The molecule has 0 saturated heterocycles. The average Bonchev–Trinajstić information content (AvgIpc) is 3.87. The van der Waals surface area contributed by atoms with Crippen LogP contribution in [0.5, 0.6) is 0 Å². The first-order valence-corrected chi connectivity index (χ1v) is 15.4. The van der Waals surface area contributed by atoms with E-state index in [1.54, 1.807) is 6.20 Å². The van der Waals surface area contributed by atoms with Crippen LogP contribution in [-0.2, 0) is 20.1 Å². The fourth-order valence-electron chi connectivity index (χ4n) is 5.43. The Labute approximate surface area is 289 Å². The van der Waals surface area contributed by atoms with Crippen LogP contribution >= 0.6 is 0 Å². The molecule has 239 valence electrons. The van der Waals surface area contributed by atoms with Crippen LogP contribution in [0.3, 0.4) is 0 Å². The molecule has 1 radical (unpaired) electrons. The number of pyridine rings is 2. The number of unbranched alkanes of at least 4 members (excludes halogenated alkanes) is 1. The molecule has 0 amide bonds. The molecular formula is C39H33IrN6O-5. The number of anilines is 2. The molecule has 0 saturated carbocycles. The maximum Gasteiger partial charge on any atom is 0.216 e. The van der Waals surface area contributed by atoms with Gasteiger partial charge in [0.25, 0.3) is 0 Å². The van der Waals surface area contributed by atoms with Gasteiger partial charge in [0.15, 0.2) is 0 Å². The molecule has 0 unspecified atom stereocenters. The Hall–Kier alpha value is -4.91. The zero-order valence-electron chi connectivity index (χ0n) is 26.0. The summed E-state index contributed by atoms with van der Waals surface area (Å²) in [4.78, 5) is 17.5. The van der Waals surface area contributed by atoms with E-state index in [2.05, 4.69) is 98.0 Å². The summed E-state index contributed by atoms with van der Waals surface area (Å²) < 4.78 is 5.94. The largest absolute Gasteiger partial charge is 0.508 e. The number of hydrogen-bond donors (Lipinski definition) is 0. The summed E-state index contributed by atoms with van der Waals surface area (Å²) in [7, 11) is 0. The average molecular weight is 794 g/mol. The second-order valence-corrected chi connectivity index (χ2v) is 11.0. The molecule has 7 nitrogen and oxygen atoms in total. The van der Waals surface area contributed by atoms with E-state index in [0.717, 1.165) is 70.6 Å². The van der Waals surface area contributed by atoms with Gasteiger partial charge in [-0.25, -0.2) is 4.98 Å². The van der Waals surface area contributed by atoms with E-state index in [1.807, 2.05) is 85.8 Å². The summed E-state index contributed by atoms with van der Waals surface area (Å²) in [6.45, 7) is 8.25. The van der Waals surface area contributed by atoms with E-state index in [4.69, 9.17) is 4.42 Å². The predicted octanol–water partition coefficient (Wildman–Crippen LogP) is 8.34. The molecule has 5 heterocycles. The molecule has 8 heteroatoms. The van der Waals surface area contributed by atoms with Crippen LogP contribution in [-0.4, -0.2) is 32.9 Å². The molecule has 3 aromatic carbocycles. The van der Waals surface area contributed by atoms with E-state index in [0.29, 0.717) is 5.71 Å². The second-order valence-electron chi connectivity index (χ2n) is 11.0. The molecule has 0 fully saturated rings. The zero-order chi connectivity index (χ0) is 31.1. The Morgan fingerprint density at radius 3 is 1.94 bits per heavy atom. The minimum absolute atomic E-state index is 0. The first-order valence-electron chi connectivity index (χ1n) is 15.4. The summed E-state index contributed by atoms with van der Waals surface area (Å²) in [5, 5.41) is 2.07. The number of fused-ring (bicyclic) bond motifs is 3. The van der Waals surface area contributed by atoms with Crippen LogP contribution in [0.1, 0.15) is 18.5 Å². The van der Waals surface area contributed by atoms with Crippen molar-refractivity contribution in [3.63, 3.8) is 0 Å². The van der Waals surface area contributed by atoms with Crippen LogP contribution < -0.4 is 9.80 Å². The zero-order valence-corrected chi connectivity index (χ0v) is 28.4. The van der Waals surface area contributed by atoms with E-state index in [9.17, 15) is 0 Å². The topological polar surface area (TPSA) is 51.9 Å². The predicted molar refractivity (Wildman–Crippen MR) is 183 cm³/mol. The van der Waals surface area contributed by atoms with Crippen molar-refractivity contribution in [2.24, 2.45) is 0 Å². The Balaban J connectivity index is 0.000000166. The van der Waals surface area contributed by atoms with Crippen molar-refractivity contribution in [3.8, 4) is 11.3 Å². The van der Waals surface area contributed by atoms with Crippen LogP contribution in [0.2, 0.25) is 0 Å². The normalized spacial score (nSPS) is 13.7. The monoisotopic (exact) mass is 794 g/mol. The summed E-state index contributed by atoms with van der Waals surface area (Å²) in [6.07, 6.45) is 12.5. The minimum atomic E-state index is 0. The van der Waals surface area contributed by atoms with Gasteiger partial charge in [-0.1, -0.05) is 23.1 Å². The molecule has 0 bridgehead atoms. The number of hydrogen-bond acceptors (Lipinski definition) is 7. The van der Waals surface area contributed by atoms with Gasteiger partial charge in [-0.05, 0) is 81.5 Å². The Kier molecular flexibility index (Phi) is 10.3. The van der Waals surface area contributed by atoms with Crippen molar-refractivity contribution in [2.75, 3.05) is 22.9 Å². The number of furan rings is 1. The SMILES string of the molecule is Cc1ccc2c(n1)oc1c(-c3ccccn3)[c-]ccc12.[Ir].[c-]1ccccc1N1C=CN(CCCCN2C=CN(c3[c-]cccc3)[CH-]2)[CH-]1. The minimum Gasteiger partial charge on any atom is -0.508 e. The fraction of sp³-hybridized carbons (Fsp3) is 0.128. The van der Waals surface area contributed by atoms with Crippen LogP contribution in [0.4, 0.5) is 11.4 Å². The standard InChI is InChI=1S/C22H22N4.C17H11N2O.Ir/c1-3-9-21(10-4-1)25-17-15-23(19-25)13-7-8-14-24-16-18-26(20-24)22-11-5-2-6-12-22;1-11-8-9-13-12-5-4-6-14(15-7-2-3-10-18-15)16(12)20-17(13)19-11;/h1-6,9,11,15-20H,7-8,13-14H2;2-5,7-10H,1H3;/q-4;-1;. The van der Waals surface area contributed by atoms with Gasteiger partial charge >= 0.3 is 0 Å². The molecule has 0 atom stereocenters.